The normalized spacial score (nSPS) is 11.5. The van der Waals surface area contributed by atoms with Crippen molar-refractivity contribution in [1.29, 1.82) is 0 Å². The number of aliphatic carboxylic acids is 2. The molecule has 0 bridgehead atoms. The minimum Gasteiger partial charge on any atom is -0.496 e. The van der Waals surface area contributed by atoms with Crippen molar-refractivity contribution in [1.82, 2.24) is 19.8 Å². The molecule has 0 radical (unpaired) electrons. The molecule has 6 aromatic rings. The fourth-order valence-corrected chi connectivity index (χ4v) is 7.38. The van der Waals surface area contributed by atoms with E-state index in [2.05, 4.69) is 11.4 Å². The van der Waals surface area contributed by atoms with E-state index in [1.54, 1.807) is 7.05 Å². The van der Waals surface area contributed by atoms with Crippen LogP contribution in [0.4, 0.5) is 39.5 Å². The molecule has 0 saturated carbocycles. The highest BCUT2D eigenvalue weighted by Gasteiger charge is 2.37. The molecule has 1 aromatic heterocycles. The van der Waals surface area contributed by atoms with Gasteiger partial charge in [0.1, 0.15) is 52.7 Å². The minimum atomic E-state index is -4.90. The predicted octanol–water partition coefficient (Wildman–Crippen LogP) is 8.00. The zero-order chi connectivity index (χ0) is 54.7. The van der Waals surface area contributed by atoms with Gasteiger partial charge in [-0.25, -0.2) is 27.2 Å². The first-order valence-corrected chi connectivity index (χ1v) is 21.9. The zero-order valence-electron chi connectivity index (χ0n) is 39.3. The SMILES string of the molecule is COc1cc(C(F)(F)F)cc(C(F)(F)P)c1Cc1cccc(C[C@H](NC(=O)c2c(F)cccc2F)C(=O)O)c1.Cc1cccc(Cc2c(C)n(C)c(=O)n(C)c2=O)c1.O=C(O)CNC(=O)c1c(F)cccc1F. The summed E-state index contributed by atoms with van der Waals surface area (Å²) in [5.41, 5.74) is -4.17. The molecule has 13 nitrogen and oxygen atoms in total. The lowest BCUT2D eigenvalue weighted by Gasteiger charge is -2.21. The Balaban J connectivity index is 0.000000279. The van der Waals surface area contributed by atoms with Crippen LogP contribution in [0.3, 0.4) is 0 Å². The quantitative estimate of drug-likeness (QED) is 0.0620. The first kappa shape index (κ1) is 57.8. The molecule has 1 unspecified atom stereocenters. The second-order valence-corrected chi connectivity index (χ2v) is 16.8. The average molecular weight is 1050 g/mol. The van der Waals surface area contributed by atoms with Crippen LogP contribution in [0.1, 0.15) is 70.9 Å². The van der Waals surface area contributed by atoms with Crippen LogP contribution in [0.5, 0.6) is 5.75 Å². The van der Waals surface area contributed by atoms with E-state index in [0.717, 1.165) is 64.9 Å². The van der Waals surface area contributed by atoms with E-state index < -0.39 is 99.5 Å². The van der Waals surface area contributed by atoms with E-state index in [1.165, 1.54) is 45.1 Å². The number of aryl methyl sites for hydroxylation is 1. The summed E-state index contributed by atoms with van der Waals surface area (Å²) in [5, 5.41) is 21.7. The Kier molecular flexibility index (Phi) is 19.5. The number of carbonyl (C=O) groups is 4. The molecule has 73 heavy (non-hydrogen) atoms. The van der Waals surface area contributed by atoms with Crippen molar-refractivity contribution < 1.29 is 73.6 Å². The van der Waals surface area contributed by atoms with E-state index in [9.17, 15) is 73.4 Å². The van der Waals surface area contributed by atoms with Crippen LogP contribution in [0.15, 0.2) is 107 Å². The van der Waals surface area contributed by atoms with E-state index >= 15 is 0 Å². The number of ether oxygens (including phenoxy) is 1. The number of hydrogen-bond acceptors (Lipinski definition) is 7. The molecule has 0 aliphatic heterocycles. The standard InChI is InChI=1S/C26H21F7NO4P.C15H18N2O2.C9H7F2NO3/c1-38-21-12-15(25(29,30)31)11-17(26(32,33)39)16(21)9-13-4-2-5-14(8-13)10-20(24(36)37)34-23(35)22-18(27)6-3-7-19(22)28;1-10-6-5-7-12(8-10)9-13-11(2)16(3)15(19)17(4)14(13)18;10-5-2-1-3-6(11)8(5)9(15)12-4-7(13)14/h2-8,11-12,20H,9-10,39H2,1H3,(H,34,35)(H,36,37);5-8H,9H2,1-4H3;1-3H,4H2,(H,12,15)(H,13,14)/t20-;;/m0../s1. The van der Waals surface area contributed by atoms with Crippen LogP contribution in [-0.2, 0) is 54.8 Å². The molecule has 5 aromatic carbocycles. The molecule has 0 aliphatic carbocycles. The highest BCUT2D eigenvalue weighted by Crippen LogP contribution is 2.44. The number of methoxy groups -OCH3 is 1. The van der Waals surface area contributed by atoms with Gasteiger partial charge in [-0.3, -0.25) is 23.7 Å². The third-order valence-corrected chi connectivity index (χ3v) is 11.2. The Bertz CT molecular complexity index is 3120. The monoisotopic (exact) mass is 1050 g/mol. The van der Waals surface area contributed by atoms with Crippen LogP contribution in [-0.4, -0.2) is 62.8 Å². The van der Waals surface area contributed by atoms with Gasteiger partial charge in [0.15, 0.2) is 0 Å². The average Bonchev–Trinajstić information content (AvgIpc) is 3.30. The highest BCUT2D eigenvalue weighted by atomic mass is 31.0. The number of carboxylic acids is 2. The summed E-state index contributed by atoms with van der Waals surface area (Å²) in [4.78, 5) is 69.4. The molecule has 0 saturated heterocycles. The van der Waals surface area contributed by atoms with Crippen LogP contribution in [0.2, 0.25) is 0 Å². The molecule has 2 atom stereocenters. The van der Waals surface area contributed by atoms with E-state index in [0.29, 0.717) is 35.2 Å². The van der Waals surface area contributed by atoms with Gasteiger partial charge in [-0.15, -0.1) is 0 Å². The van der Waals surface area contributed by atoms with Crippen LogP contribution in [0.25, 0.3) is 0 Å². The Labute approximate surface area is 412 Å². The zero-order valence-corrected chi connectivity index (χ0v) is 40.4. The van der Waals surface area contributed by atoms with Gasteiger partial charge in [0.05, 0.1) is 12.7 Å². The smallest absolute Gasteiger partial charge is 0.416 e. The van der Waals surface area contributed by atoms with Gasteiger partial charge in [-0.1, -0.05) is 75.5 Å². The number of carboxylic acid groups (broad SMARTS) is 2. The third-order valence-electron chi connectivity index (χ3n) is 10.9. The first-order chi connectivity index (χ1) is 34.0. The molecule has 2 amide bonds. The van der Waals surface area contributed by atoms with Crippen molar-refractivity contribution >= 4 is 33.0 Å². The van der Waals surface area contributed by atoms with Gasteiger partial charge in [0.2, 0.25) is 0 Å². The van der Waals surface area contributed by atoms with E-state index in [-0.39, 0.29) is 29.7 Å². The number of alkyl halides is 5. The number of aromatic nitrogens is 2. The molecule has 6 rings (SSSR count). The number of carbonyl (C=O) groups excluding carboxylic acids is 2. The number of halogens is 9. The predicted molar refractivity (Wildman–Crippen MR) is 252 cm³/mol. The highest BCUT2D eigenvalue weighted by molar-refractivity contribution is 7.17. The Morgan fingerprint density at radius 3 is 1.67 bits per heavy atom. The lowest BCUT2D eigenvalue weighted by molar-refractivity contribution is -0.139. The second kappa shape index (κ2) is 24.6. The number of rotatable bonds is 14. The second-order valence-electron chi connectivity index (χ2n) is 16.1. The summed E-state index contributed by atoms with van der Waals surface area (Å²) < 4.78 is 130. The molecule has 23 heteroatoms. The summed E-state index contributed by atoms with van der Waals surface area (Å²) in [5.74, 6) is -10.0. The number of nitrogens with one attached hydrogen (secondary N) is 2. The van der Waals surface area contributed by atoms with Gasteiger partial charge in [-0.05, 0) is 66.9 Å². The molecule has 4 N–H and O–H groups in total. The topological polar surface area (TPSA) is 186 Å². The van der Waals surface area contributed by atoms with Crippen molar-refractivity contribution in [3.8, 4) is 5.75 Å². The molecular formula is C50H46F9N4O9P. The lowest BCUT2D eigenvalue weighted by Crippen LogP contribution is -2.43. The summed E-state index contributed by atoms with van der Waals surface area (Å²) in [6.45, 7) is 3.15. The molecule has 1 heterocycles. The molecule has 0 fully saturated rings. The fraction of sp³-hybridized carbons (Fsp3) is 0.240. The molecular weight excluding hydrogens is 1000 g/mol. The van der Waals surface area contributed by atoms with Crippen LogP contribution in [0, 0.1) is 37.1 Å². The van der Waals surface area contributed by atoms with Crippen molar-refractivity contribution in [3.63, 3.8) is 0 Å². The Morgan fingerprint density at radius 1 is 0.685 bits per heavy atom. The van der Waals surface area contributed by atoms with Gasteiger partial charge >= 0.3 is 23.8 Å². The number of amides is 2. The maximum absolute atomic E-state index is 14.3. The summed E-state index contributed by atoms with van der Waals surface area (Å²) in [6, 6.07) is 18.8. The van der Waals surface area contributed by atoms with Crippen LogP contribution >= 0.6 is 9.24 Å². The van der Waals surface area contributed by atoms with Gasteiger partial charge in [0, 0.05) is 55.7 Å². The van der Waals surface area contributed by atoms with Crippen molar-refractivity contribution in [2.24, 2.45) is 14.1 Å². The van der Waals surface area contributed by atoms with Crippen molar-refractivity contribution in [3.05, 3.63) is 202 Å². The van der Waals surface area contributed by atoms with Gasteiger partial charge in [-0.2, -0.15) is 22.0 Å². The molecule has 388 valence electrons. The fourth-order valence-electron chi connectivity index (χ4n) is 7.13. The number of benzene rings is 5. The first-order valence-electron chi connectivity index (χ1n) is 21.3. The van der Waals surface area contributed by atoms with E-state index in [4.69, 9.17) is 9.84 Å². The van der Waals surface area contributed by atoms with Crippen molar-refractivity contribution in [2.75, 3.05) is 13.7 Å². The summed E-state index contributed by atoms with van der Waals surface area (Å²) in [6.07, 6.45) is -5.02. The Morgan fingerprint density at radius 2 is 1.18 bits per heavy atom. The Hall–Kier alpha value is -7.74. The minimum absolute atomic E-state index is 0.206. The van der Waals surface area contributed by atoms with Crippen LogP contribution < -0.4 is 26.6 Å². The van der Waals surface area contributed by atoms with Gasteiger partial charge < -0.3 is 30.2 Å². The largest absolute Gasteiger partial charge is 0.496 e. The maximum Gasteiger partial charge on any atom is 0.416 e. The van der Waals surface area contributed by atoms with Crippen molar-refractivity contribution in [2.45, 2.75) is 51.0 Å². The maximum atomic E-state index is 14.3. The molecule has 0 aliphatic rings. The molecule has 0 spiro atoms. The summed E-state index contributed by atoms with van der Waals surface area (Å²) in [7, 11) is 5.44. The third kappa shape index (κ3) is 15.4. The summed E-state index contributed by atoms with van der Waals surface area (Å²) >= 11 is 0. The van der Waals surface area contributed by atoms with Gasteiger partial charge in [0.25, 0.3) is 23.0 Å². The van der Waals surface area contributed by atoms with E-state index in [1.807, 2.05) is 37.4 Å². The number of nitrogens with zero attached hydrogens (tertiary/aromatic N) is 2. The lowest BCUT2D eigenvalue weighted by atomic mass is 9.94. The number of hydrogen-bond donors (Lipinski definition) is 4.